The number of hydrogen-bond donors (Lipinski definition) is 1. The van der Waals surface area contributed by atoms with Crippen LogP contribution in [0.4, 0.5) is 0 Å². The highest BCUT2D eigenvalue weighted by Gasteiger charge is 1.94. The minimum absolute atomic E-state index is 0.228. The van der Waals surface area contributed by atoms with Gasteiger partial charge in [0.15, 0.2) is 0 Å². The van der Waals surface area contributed by atoms with Crippen LogP contribution in [-0.4, -0.2) is 30.8 Å². The molecule has 5 heteroatoms. The van der Waals surface area contributed by atoms with Crippen LogP contribution in [0.5, 0.6) is 5.75 Å². The summed E-state index contributed by atoms with van der Waals surface area (Å²) < 4.78 is 9.81. The predicted octanol–water partition coefficient (Wildman–Crippen LogP) is 2.69. The van der Waals surface area contributed by atoms with Gasteiger partial charge in [-0.05, 0) is 23.8 Å². The Bertz CT molecular complexity index is 500. The predicted molar refractivity (Wildman–Crippen MR) is 81.0 cm³/mol. The Morgan fingerprint density at radius 1 is 1.24 bits per heavy atom. The summed E-state index contributed by atoms with van der Waals surface area (Å²) in [6, 6.07) is 7.37. The maximum Gasteiger partial charge on any atom is 0.331 e. The molecule has 0 radical (unpaired) electrons. The van der Waals surface area contributed by atoms with E-state index in [9.17, 15) is 9.59 Å². The summed E-state index contributed by atoms with van der Waals surface area (Å²) in [7, 11) is 1.61. The molecule has 1 N–H and O–H groups in total. The lowest BCUT2D eigenvalue weighted by molar-refractivity contribution is -0.136. The maximum absolute atomic E-state index is 11.1. The second-order valence-corrected chi connectivity index (χ2v) is 3.57. The van der Waals surface area contributed by atoms with Gasteiger partial charge in [-0.1, -0.05) is 31.4 Å². The van der Waals surface area contributed by atoms with Crippen molar-refractivity contribution in [2.24, 2.45) is 0 Å². The summed E-state index contributed by atoms with van der Waals surface area (Å²) in [5, 5.41) is 7.60. The van der Waals surface area contributed by atoms with E-state index in [0.717, 1.165) is 17.4 Å². The van der Waals surface area contributed by atoms with Crippen molar-refractivity contribution in [1.82, 2.24) is 0 Å². The first-order valence-corrected chi connectivity index (χ1v) is 5.98. The lowest BCUT2D eigenvalue weighted by Gasteiger charge is -1.99. The topological polar surface area (TPSA) is 72.8 Å². The molecule has 0 saturated heterocycles. The Kier molecular flexibility index (Phi) is 9.56. The molecule has 1 aromatic rings. The standard InChI is InChI=1S/C13H14O3.C3H4O2/c1-3-10-16-13(14)9-6-11-4-7-12(15-2)8-5-11;1-2-3(4)5/h3-9H,1,10H2,2H3;2H,1H2,(H,4,5). The van der Waals surface area contributed by atoms with Crippen LogP contribution < -0.4 is 4.74 Å². The second kappa shape index (κ2) is 11.0. The molecule has 0 bridgehead atoms. The Morgan fingerprint density at radius 3 is 2.24 bits per heavy atom. The van der Waals surface area contributed by atoms with Gasteiger partial charge in [-0.2, -0.15) is 0 Å². The highest BCUT2D eigenvalue weighted by molar-refractivity contribution is 5.87. The zero-order valence-corrected chi connectivity index (χ0v) is 11.8. The van der Waals surface area contributed by atoms with Crippen LogP contribution in [0.2, 0.25) is 0 Å². The molecular weight excluding hydrogens is 272 g/mol. The number of aliphatic carboxylic acids is 1. The van der Waals surface area contributed by atoms with E-state index in [1.54, 1.807) is 13.2 Å². The fourth-order valence-electron chi connectivity index (χ4n) is 1.07. The molecule has 0 saturated carbocycles. The molecule has 21 heavy (non-hydrogen) atoms. The number of carbonyl (C=O) groups is 2. The number of ether oxygens (including phenoxy) is 2. The third-order valence-corrected chi connectivity index (χ3v) is 2.05. The fourth-order valence-corrected chi connectivity index (χ4v) is 1.07. The third kappa shape index (κ3) is 9.72. The van der Waals surface area contributed by atoms with E-state index in [1.165, 1.54) is 12.2 Å². The molecule has 0 fully saturated rings. The van der Waals surface area contributed by atoms with Crippen molar-refractivity contribution in [2.45, 2.75) is 0 Å². The lowest BCUT2D eigenvalue weighted by atomic mass is 10.2. The first-order valence-electron chi connectivity index (χ1n) is 5.98. The van der Waals surface area contributed by atoms with E-state index in [2.05, 4.69) is 13.2 Å². The maximum atomic E-state index is 11.1. The largest absolute Gasteiger partial charge is 0.497 e. The van der Waals surface area contributed by atoms with Crippen LogP contribution in [-0.2, 0) is 14.3 Å². The number of esters is 1. The molecule has 1 rings (SSSR count). The summed E-state index contributed by atoms with van der Waals surface area (Å²) in [4.78, 5) is 20.4. The Labute approximate surface area is 123 Å². The smallest absolute Gasteiger partial charge is 0.331 e. The van der Waals surface area contributed by atoms with E-state index in [0.29, 0.717) is 0 Å². The molecule has 0 aliphatic rings. The quantitative estimate of drug-likeness (QED) is 0.495. The first kappa shape index (κ1) is 18.2. The zero-order valence-electron chi connectivity index (χ0n) is 11.8. The summed E-state index contributed by atoms with van der Waals surface area (Å²) in [6.45, 7) is 6.64. The van der Waals surface area contributed by atoms with Gasteiger partial charge in [-0.25, -0.2) is 9.59 Å². The first-order chi connectivity index (χ1) is 10.0. The summed E-state index contributed by atoms with van der Waals surface area (Å²) in [5.74, 6) is -0.577. The van der Waals surface area contributed by atoms with Gasteiger partial charge in [0.05, 0.1) is 7.11 Å². The SMILES string of the molecule is C=CC(=O)O.C=CCOC(=O)C=Cc1ccc(OC)cc1. The van der Waals surface area contributed by atoms with E-state index in [4.69, 9.17) is 14.6 Å². The van der Waals surface area contributed by atoms with Gasteiger partial charge >= 0.3 is 11.9 Å². The fraction of sp³-hybridized carbons (Fsp3) is 0.125. The molecule has 112 valence electrons. The van der Waals surface area contributed by atoms with Crippen molar-refractivity contribution < 1.29 is 24.2 Å². The van der Waals surface area contributed by atoms with Crippen molar-refractivity contribution in [3.8, 4) is 5.75 Å². The van der Waals surface area contributed by atoms with Gasteiger partial charge in [0.1, 0.15) is 12.4 Å². The monoisotopic (exact) mass is 290 g/mol. The Balaban J connectivity index is 0.000000690. The van der Waals surface area contributed by atoms with E-state index in [1.807, 2.05) is 24.3 Å². The van der Waals surface area contributed by atoms with Gasteiger partial charge in [0.25, 0.3) is 0 Å². The molecule has 0 spiro atoms. The van der Waals surface area contributed by atoms with Crippen LogP contribution in [0.1, 0.15) is 5.56 Å². The van der Waals surface area contributed by atoms with E-state index < -0.39 is 5.97 Å². The van der Waals surface area contributed by atoms with Gasteiger partial charge in [-0.15, -0.1) is 0 Å². The highest BCUT2D eigenvalue weighted by atomic mass is 16.5. The Hall–Kier alpha value is -2.82. The molecule has 5 nitrogen and oxygen atoms in total. The van der Waals surface area contributed by atoms with Crippen molar-refractivity contribution in [1.29, 1.82) is 0 Å². The second-order valence-electron chi connectivity index (χ2n) is 3.57. The van der Waals surface area contributed by atoms with Gasteiger partial charge in [0.2, 0.25) is 0 Å². The number of benzene rings is 1. The molecule has 0 unspecified atom stereocenters. The molecule has 0 aliphatic heterocycles. The molecule has 0 heterocycles. The highest BCUT2D eigenvalue weighted by Crippen LogP contribution is 2.12. The van der Waals surface area contributed by atoms with E-state index in [-0.39, 0.29) is 12.6 Å². The molecule has 0 amide bonds. The molecule has 0 atom stereocenters. The van der Waals surface area contributed by atoms with Crippen LogP contribution >= 0.6 is 0 Å². The van der Waals surface area contributed by atoms with Crippen molar-refractivity contribution >= 4 is 18.0 Å². The normalized spacial score (nSPS) is 9.19. The number of carboxylic acids is 1. The lowest BCUT2D eigenvalue weighted by Crippen LogP contribution is -1.99. The van der Waals surface area contributed by atoms with Crippen LogP contribution in [0.3, 0.4) is 0 Å². The van der Waals surface area contributed by atoms with Crippen molar-refractivity contribution in [3.05, 3.63) is 61.2 Å². The summed E-state index contributed by atoms with van der Waals surface area (Å²) in [5.41, 5.74) is 0.913. The number of hydrogen-bond acceptors (Lipinski definition) is 4. The molecule has 0 aliphatic carbocycles. The van der Waals surface area contributed by atoms with Crippen LogP contribution in [0.25, 0.3) is 6.08 Å². The number of carboxylic acid groups (broad SMARTS) is 1. The van der Waals surface area contributed by atoms with Crippen LogP contribution in [0.15, 0.2) is 55.7 Å². The number of rotatable bonds is 6. The van der Waals surface area contributed by atoms with Crippen LogP contribution in [0, 0.1) is 0 Å². The minimum atomic E-state index is -0.981. The van der Waals surface area contributed by atoms with Gasteiger partial charge < -0.3 is 14.6 Å². The molecule has 1 aromatic carbocycles. The van der Waals surface area contributed by atoms with Gasteiger partial charge in [-0.3, -0.25) is 0 Å². The van der Waals surface area contributed by atoms with Crippen molar-refractivity contribution in [3.63, 3.8) is 0 Å². The Morgan fingerprint density at radius 2 is 1.81 bits per heavy atom. The average molecular weight is 290 g/mol. The summed E-state index contributed by atoms with van der Waals surface area (Å²) >= 11 is 0. The van der Waals surface area contributed by atoms with Gasteiger partial charge in [0, 0.05) is 12.2 Å². The van der Waals surface area contributed by atoms with Crippen molar-refractivity contribution in [2.75, 3.05) is 13.7 Å². The minimum Gasteiger partial charge on any atom is -0.497 e. The third-order valence-electron chi connectivity index (χ3n) is 2.05. The summed E-state index contributed by atoms with van der Waals surface area (Å²) in [6.07, 6.45) is 5.43. The average Bonchev–Trinajstić information content (AvgIpc) is 2.51. The number of methoxy groups -OCH3 is 1. The molecular formula is C16H18O5. The zero-order chi connectivity index (χ0) is 16.1. The molecule has 0 aromatic heterocycles. The number of carbonyl (C=O) groups excluding carboxylic acids is 1. The van der Waals surface area contributed by atoms with E-state index >= 15 is 0 Å².